The van der Waals surface area contributed by atoms with E-state index in [0.717, 1.165) is 38.6 Å². The lowest BCUT2D eigenvalue weighted by atomic mass is 10.1. The summed E-state index contributed by atoms with van der Waals surface area (Å²) in [4.78, 5) is 0. The average molecular weight is 262 g/mol. The third-order valence-electron chi connectivity index (χ3n) is 3.44. The van der Waals surface area contributed by atoms with Crippen LogP contribution in [0.5, 0.6) is 0 Å². The van der Waals surface area contributed by atoms with E-state index in [1.54, 1.807) is 4.31 Å². The van der Waals surface area contributed by atoms with Gasteiger partial charge in [-0.1, -0.05) is 26.7 Å². The van der Waals surface area contributed by atoms with Crippen molar-refractivity contribution in [3.05, 3.63) is 0 Å². The van der Waals surface area contributed by atoms with Crippen LogP contribution in [0.15, 0.2) is 0 Å². The molecule has 0 amide bonds. The van der Waals surface area contributed by atoms with Crippen LogP contribution >= 0.6 is 0 Å². The molecule has 0 aromatic heterocycles. The Labute approximate surface area is 106 Å². The summed E-state index contributed by atoms with van der Waals surface area (Å²) < 4.78 is 26.3. The normalized spacial score (nSPS) is 23.5. The molecule has 17 heavy (non-hydrogen) atoms. The molecule has 102 valence electrons. The van der Waals surface area contributed by atoms with E-state index in [2.05, 4.69) is 12.2 Å². The molecule has 0 aromatic rings. The van der Waals surface area contributed by atoms with Crippen molar-refractivity contribution in [3.8, 4) is 0 Å². The Morgan fingerprint density at radius 1 is 1.24 bits per heavy atom. The molecule has 5 heteroatoms. The minimum atomic E-state index is -3.07. The summed E-state index contributed by atoms with van der Waals surface area (Å²) in [5.41, 5.74) is 0. The molecule has 1 saturated heterocycles. The van der Waals surface area contributed by atoms with Gasteiger partial charge in [0.1, 0.15) is 0 Å². The predicted molar refractivity (Wildman–Crippen MR) is 71.6 cm³/mol. The van der Waals surface area contributed by atoms with Crippen molar-refractivity contribution in [2.24, 2.45) is 0 Å². The highest BCUT2D eigenvalue weighted by Crippen LogP contribution is 2.22. The monoisotopic (exact) mass is 262 g/mol. The van der Waals surface area contributed by atoms with Gasteiger partial charge in [0.2, 0.25) is 10.0 Å². The molecule has 0 radical (unpaired) electrons. The predicted octanol–water partition coefficient (Wildman–Crippen LogP) is 1.58. The van der Waals surface area contributed by atoms with Crippen LogP contribution in [0.2, 0.25) is 0 Å². The van der Waals surface area contributed by atoms with E-state index in [-0.39, 0.29) is 11.8 Å². The van der Waals surface area contributed by atoms with Crippen molar-refractivity contribution >= 4 is 10.0 Å². The molecule has 1 aliphatic heterocycles. The van der Waals surface area contributed by atoms with E-state index in [4.69, 9.17) is 0 Å². The number of nitrogens with zero attached hydrogens (tertiary/aromatic N) is 1. The highest BCUT2D eigenvalue weighted by molar-refractivity contribution is 7.89. The maximum Gasteiger partial charge on any atom is 0.215 e. The Morgan fingerprint density at radius 2 is 2.00 bits per heavy atom. The van der Waals surface area contributed by atoms with Crippen LogP contribution in [0, 0.1) is 0 Å². The summed E-state index contributed by atoms with van der Waals surface area (Å²) in [7, 11) is -3.07. The van der Waals surface area contributed by atoms with Crippen LogP contribution in [0.4, 0.5) is 0 Å². The Kier molecular flexibility index (Phi) is 6.44. The molecular formula is C12H26N2O2S. The van der Waals surface area contributed by atoms with E-state index in [0.29, 0.717) is 13.1 Å². The SMILES string of the molecule is CCNCCS(=O)(=O)N1CCCCCC1CC. The third-order valence-corrected chi connectivity index (χ3v) is 5.35. The van der Waals surface area contributed by atoms with Gasteiger partial charge < -0.3 is 5.32 Å². The molecule has 1 fully saturated rings. The first-order valence-corrected chi connectivity index (χ1v) is 8.43. The van der Waals surface area contributed by atoms with Crippen molar-refractivity contribution in [1.29, 1.82) is 0 Å². The van der Waals surface area contributed by atoms with Crippen LogP contribution in [-0.4, -0.2) is 44.2 Å². The highest BCUT2D eigenvalue weighted by Gasteiger charge is 2.29. The minimum Gasteiger partial charge on any atom is -0.316 e. The molecule has 1 unspecified atom stereocenters. The summed E-state index contributed by atoms with van der Waals surface area (Å²) in [6.07, 6.45) is 5.29. The number of nitrogens with one attached hydrogen (secondary N) is 1. The zero-order chi connectivity index (χ0) is 12.7. The van der Waals surface area contributed by atoms with Crippen molar-refractivity contribution in [1.82, 2.24) is 9.62 Å². The van der Waals surface area contributed by atoms with Crippen molar-refractivity contribution in [2.75, 3.05) is 25.4 Å². The lowest BCUT2D eigenvalue weighted by Crippen LogP contribution is -2.42. The second-order valence-corrected chi connectivity index (χ2v) is 6.73. The van der Waals surface area contributed by atoms with Crippen molar-refractivity contribution in [2.45, 2.75) is 52.0 Å². The van der Waals surface area contributed by atoms with Gasteiger partial charge in [0.05, 0.1) is 5.75 Å². The lowest BCUT2D eigenvalue weighted by Gasteiger charge is -2.28. The molecule has 0 spiro atoms. The fourth-order valence-electron chi connectivity index (χ4n) is 2.42. The van der Waals surface area contributed by atoms with Gasteiger partial charge in [0, 0.05) is 19.1 Å². The van der Waals surface area contributed by atoms with E-state index in [1.807, 2.05) is 6.92 Å². The summed E-state index contributed by atoms with van der Waals surface area (Å²) in [5, 5.41) is 3.09. The molecule has 1 N–H and O–H groups in total. The van der Waals surface area contributed by atoms with Crippen LogP contribution < -0.4 is 5.32 Å². The summed E-state index contributed by atoms with van der Waals surface area (Å²) in [6.45, 7) is 6.18. The first kappa shape index (κ1) is 14.9. The average Bonchev–Trinajstić information content (AvgIpc) is 2.54. The zero-order valence-electron chi connectivity index (χ0n) is 11.1. The molecule has 4 nitrogen and oxygen atoms in total. The number of sulfonamides is 1. The maximum absolute atomic E-state index is 12.3. The third kappa shape index (κ3) is 4.56. The molecule has 0 aliphatic carbocycles. The second kappa shape index (κ2) is 7.34. The molecule has 0 aromatic carbocycles. The fourth-order valence-corrected chi connectivity index (χ4v) is 4.17. The van der Waals surface area contributed by atoms with Crippen LogP contribution in [0.3, 0.4) is 0 Å². The topological polar surface area (TPSA) is 49.4 Å². The Morgan fingerprint density at radius 3 is 2.65 bits per heavy atom. The first-order chi connectivity index (χ1) is 8.11. The van der Waals surface area contributed by atoms with E-state index >= 15 is 0 Å². The molecule has 1 heterocycles. The maximum atomic E-state index is 12.3. The standard InChI is InChI=1S/C12H26N2O2S/c1-3-12-8-6-5-7-10-14(12)17(15,16)11-9-13-4-2/h12-13H,3-11H2,1-2H3. The quantitative estimate of drug-likeness (QED) is 0.739. The second-order valence-electron chi connectivity index (χ2n) is 4.69. The van der Waals surface area contributed by atoms with Crippen LogP contribution in [-0.2, 0) is 10.0 Å². The number of hydrogen-bond donors (Lipinski definition) is 1. The summed E-state index contributed by atoms with van der Waals surface area (Å²) in [6, 6.07) is 0.226. The molecule has 1 rings (SSSR count). The lowest BCUT2D eigenvalue weighted by molar-refractivity contribution is 0.315. The van der Waals surface area contributed by atoms with Gasteiger partial charge in [-0.15, -0.1) is 0 Å². The number of hydrogen-bond acceptors (Lipinski definition) is 3. The molecular weight excluding hydrogens is 236 g/mol. The molecule has 1 atom stereocenters. The van der Waals surface area contributed by atoms with Crippen molar-refractivity contribution < 1.29 is 8.42 Å². The van der Waals surface area contributed by atoms with Crippen LogP contribution in [0.25, 0.3) is 0 Å². The van der Waals surface area contributed by atoms with Gasteiger partial charge in [-0.05, 0) is 25.8 Å². The molecule has 1 aliphatic rings. The van der Waals surface area contributed by atoms with Gasteiger partial charge in [0.25, 0.3) is 0 Å². The fraction of sp³-hybridized carbons (Fsp3) is 1.00. The smallest absolute Gasteiger partial charge is 0.215 e. The van der Waals surface area contributed by atoms with E-state index in [9.17, 15) is 8.42 Å². The van der Waals surface area contributed by atoms with Gasteiger partial charge >= 0.3 is 0 Å². The zero-order valence-corrected chi connectivity index (χ0v) is 11.9. The molecule has 0 bridgehead atoms. The molecule has 0 saturated carbocycles. The number of rotatable bonds is 6. The van der Waals surface area contributed by atoms with Gasteiger partial charge in [0.15, 0.2) is 0 Å². The van der Waals surface area contributed by atoms with E-state index < -0.39 is 10.0 Å². The Hall–Kier alpha value is -0.130. The van der Waals surface area contributed by atoms with Gasteiger partial charge in [-0.3, -0.25) is 0 Å². The van der Waals surface area contributed by atoms with E-state index in [1.165, 1.54) is 0 Å². The van der Waals surface area contributed by atoms with Crippen LogP contribution in [0.1, 0.15) is 46.0 Å². The Bertz CT molecular complexity index is 304. The Balaban J connectivity index is 2.64. The van der Waals surface area contributed by atoms with Gasteiger partial charge in [-0.25, -0.2) is 8.42 Å². The summed E-state index contributed by atoms with van der Waals surface area (Å²) >= 11 is 0. The first-order valence-electron chi connectivity index (χ1n) is 6.82. The highest BCUT2D eigenvalue weighted by atomic mass is 32.2. The van der Waals surface area contributed by atoms with Gasteiger partial charge in [-0.2, -0.15) is 4.31 Å². The minimum absolute atomic E-state index is 0.226. The van der Waals surface area contributed by atoms with Crippen molar-refractivity contribution in [3.63, 3.8) is 0 Å². The summed E-state index contributed by atoms with van der Waals surface area (Å²) in [5.74, 6) is 0.233. The largest absolute Gasteiger partial charge is 0.316 e.